The zero-order chi connectivity index (χ0) is 16.2. The van der Waals surface area contributed by atoms with E-state index in [-0.39, 0.29) is 10.8 Å². The van der Waals surface area contributed by atoms with E-state index in [0.717, 1.165) is 19.5 Å². The number of sulfonamides is 1. The van der Waals surface area contributed by atoms with Crippen molar-refractivity contribution in [1.29, 1.82) is 0 Å². The molecule has 1 fully saturated rings. The highest BCUT2D eigenvalue weighted by Gasteiger charge is 2.27. The fourth-order valence-corrected chi connectivity index (χ4v) is 3.72. The van der Waals surface area contributed by atoms with E-state index in [1.54, 1.807) is 12.1 Å². The molecule has 1 aromatic rings. The third kappa shape index (κ3) is 3.85. The SMILES string of the molecule is CCCNC(=O)c1ccc(S(=O)(=O)N2CCN(C)CC2)cc1. The monoisotopic (exact) mass is 325 g/mol. The van der Waals surface area contributed by atoms with Gasteiger partial charge in [0.2, 0.25) is 10.0 Å². The average molecular weight is 325 g/mol. The Labute approximate surface area is 132 Å². The van der Waals surface area contributed by atoms with Gasteiger partial charge in [-0.15, -0.1) is 0 Å². The molecule has 0 saturated carbocycles. The summed E-state index contributed by atoms with van der Waals surface area (Å²) in [6.07, 6.45) is 0.863. The highest BCUT2D eigenvalue weighted by atomic mass is 32.2. The van der Waals surface area contributed by atoms with Gasteiger partial charge in [-0.25, -0.2) is 8.42 Å². The summed E-state index contributed by atoms with van der Waals surface area (Å²) in [5.41, 5.74) is 0.478. The van der Waals surface area contributed by atoms with Crippen LogP contribution in [0.4, 0.5) is 0 Å². The van der Waals surface area contributed by atoms with E-state index in [1.807, 2.05) is 14.0 Å². The van der Waals surface area contributed by atoms with Crippen LogP contribution in [0.1, 0.15) is 23.7 Å². The Morgan fingerprint density at radius 2 is 1.73 bits per heavy atom. The second-order valence-corrected chi connectivity index (χ2v) is 7.43. The van der Waals surface area contributed by atoms with Crippen molar-refractivity contribution in [2.45, 2.75) is 18.2 Å². The van der Waals surface area contributed by atoms with Crippen LogP contribution < -0.4 is 5.32 Å². The zero-order valence-corrected chi connectivity index (χ0v) is 13.9. The molecule has 1 saturated heterocycles. The number of likely N-dealkylation sites (N-methyl/N-ethyl adjacent to an activating group) is 1. The molecule has 1 heterocycles. The number of nitrogens with one attached hydrogen (secondary N) is 1. The summed E-state index contributed by atoms with van der Waals surface area (Å²) in [5, 5.41) is 2.77. The fraction of sp³-hybridized carbons (Fsp3) is 0.533. The van der Waals surface area contributed by atoms with E-state index in [2.05, 4.69) is 10.2 Å². The average Bonchev–Trinajstić information content (AvgIpc) is 2.53. The quantitative estimate of drug-likeness (QED) is 0.868. The van der Waals surface area contributed by atoms with Crippen molar-refractivity contribution in [3.8, 4) is 0 Å². The maximum Gasteiger partial charge on any atom is 0.251 e. The van der Waals surface area contributed by atoms with E-state index in [4.69, 9.17) is 0 Å². The molecule has 1 amide bonds. The molecule has 1 N–H and O–H groups in total. The van der Waals surface area contributed by atoms with Crippen LogP contribution in [-0.4, -0.2) is 63.3 Å². The van der Waals surface area contributed by atoms with Crippen LogP contribution in [0.15, 0.2) is 29.2 Å². The van der Waals surface area contributed by atoms with E-state index in [0.29, 0.717) is 25.2 Å². The third-order valence-corrected chi connectivity index (χ3v) is 5.66. The van der Waals surface area contributed by atoms with Gasteiger partial charge in [0, 0.05) is 38.3 Å². The number of hydrogen-bond donors (Lipinski definition) is 1. The normalized spacial score (nSPS) is 17.4. The molecule has 0 aliphatic carbocycles. The lowest BCUT2D eigenvalue weighted by Crippen LogP contribution is -2.47. The number of benzene rings is 1. The molecule has 0 radical (unpaired) electrons. The van der Waals surface area contributed by atoms with Gasteiger partial charge in [0.1, 0.15) is 0 Å². The van der Waals surface area contributed by atoms with Gasteiger partial charge in [0.05, 0.1) is 4.90 Å². The number of amides is 1. The molecule has 0 atom stereocenters. The minimum atomic E-state index is -3.47. The number of nitrogens with zero attached hydrogens (tertiary/aromatic N) is 2. The zero-order valence-electron chi connectivity index (χ0n) is 13.1. The van der Waals surface area contributed by atoms with Crippen molar-refractivity contribution in [3.05, 3.63) is 29.8 Å². The molecule has 6 nitrogen and oxygen atoms in total. The standard InChI is InChI=1S/C15H23N3O3S/c1-3-8-16-15(19)13-4-6-14(7-5-13)22(20,21)18-11-9-17(2)10-12-18/h4-7H,3,8-12H2,1-2H3,(H,16,19). The summed E-state index contributed by atoms with van der Waals surface area (Å²) >= 11 is 0. The van der Waals surface area contributed by atoms with Crippen molar-refractivity contribution in [2.24, 2.45) is 0 Å². The molecular weight excluding hydrogens is 302 g/mol. The lowest BCUT2D eigenvalue weighted by molar-refractivity contribution is 0.0953. The third-order valence-electron chi connectivity index (χ3n) is 3.75. The molecule has 22 heavy (non-hydrogen) atoms. The topological polar surface area (TPSA) is 69.7 Å². The highest BCUT2D eigenvalue weighted by Crippen LogP contribution is 2.18. The summed E-state index contributed by atoms with van der Waals surface area (Å²) in [7, 11) is -1.49. The van der Waals surface area contributed by atoms with Crippen molar-refractivity contribution in [2.75, 3.05) is 39.8 Å². The summed E-state index contributed by atoms with van der Waals surface area (Å²) < 4.78 is 26.6. The lowest BCUT2D eigenvalue weighted by Gasteiger charge is -2.31. The maximum absolute atomic E-state index is 12.6. The Morgan fingerprint density at radius 3 is 2.27 bits per heavy atom. The van der Waals surface area contributed by atoms with Crippen molar-refractivity contribution < 1.29 is 13.2 Å². The number of hydrogen-bond acceptors (Lipinski definition) is 4. The largest absolute Gasteiger partial charge is 0.352 e. The van der Waals surface area contributed by atoms with Crippen molar-refractivity contribution >= 4 is 15.9 Å². The Morgan fingerprint density at radius 1 is 1.14 bits per heavy atom. The first-order valence-corrected chi connectivity index (χ1v) is 8.96. The van der Waals surface area contributed by atoms with E-state index in [1.165, 1.54) is 16.4 Å². The van der Waals surface area contributed by atoms with Gasteiger partial charge in [-0.2, -0.15) is 4.31 Å². The lowest BCUT2D eigenvalue weighted by atomic mass is 10.2. The van der Waals surface area contributed by atoms with Crippen LogP contribution in [0.5, 0.6) is 0 Å². The van der Waals surface area contributed by atoms with Gasteiger partial charge in [-0.1, -0.05) is 6.92 Å². The van der Waals surface area contributed by atoms with Crippen LogP contribution in [0.25, 0.3) is 0 Å². The summed E-state index contributed by atoms with van der Waals surface area (Å²) in [6.45, 7) is 5.05. The smallest absolute Gasteiger partial charge is 0.251 e. The first kappa shape index (κ1) is 16.9. The molecule has 2 rings (SSSR count). The van der Waals surface area contributed by atoms with E-state index >= 15 is 0 Å². The first-order chi connectivity index (χ1) is 10.4. The summed E-state index contributed by atoms with van der Waals surface area (Å²) in [5.74, 6) is -0.176. The first-order valence-electron chi connectivity index (χ1n) is 7.52. The van der Waals surface area contributed by atoms with E-state index < -0.39 is 10.0 Å². The minimum absolute atomic E-state index is 0.176. The molecule has 0 bridgehead atoms. The molecule has 1 aromatic carbocycles. The molecule has 0 unspecified atom stereocenters. The minimum Gasteiger partial charge on any atom is -0.352 e. The number of carbonyl (C=O) groups excluding carboxylic acids is 1. The number of carbonyl (C=O) groups is 1. The van der Waals surface area contributed by atoms with Crippen LogP contribution in [0.2, 0.25) is 0 Å². The summed E-state index contributed by atoms with van der Waals surface area (Å²) in [4.78, 5) is 14.2. The summed E-state index contributed by atoms with van der Waals surface area (Å²) in [6, 6.07) is 6.14. The van der Waals surface area contributed by atoms with Gasteiger partial charge < -0.3 is 10.2 Å². The molecule has 7 heteroatoms. The maximum atomic E-state index is 12.6. The Bertz CT molecular complexity index is 605. The Kier molecular flexibility index (Phi) is 5.55. The van der Waals surface area contributed by atoms with Gasteiger partial charge in [-0.05, 0) is 37.7 Å². The Hall–Kier alpha value is -1.44. The number of rotatable bonds is 5. The number of piperazine rings is 1. The fourth-order valence-electron chi connectivity index (χ4n) is 2.30. The van der Waals surface area contributed by atoms with Gasteiger partial charge in [0.15, 0.2) is 0 Å². The van der Waals surface area contributed by atoms with Crippen LogP contribution >= 0.6 is 0 Å². The second-order valence-electron chi connectivity index (χ2n) is 5.49. The molecule has 0 aromatic heterocycles. The molecular formula is C15H23N3O3S. The Balaban J connectivity index is 2.10. The van der Waals surface area contributed by atoms with Crippen LogP contribution in [0.3, 0.4) is 0 Å². The molecule has 1 aliphatic rings. The van der Waals surface area contributed by atoms with E-state index in [9.17, 15) is 13.2 Å². The molecule has 1 aliphatic heterocycles. The predicted molar refractivity (Wildman–Crippen MR) is 85.3 cm³/mol. The van der Waals surface area contributed by atoms with Gasteiger partial charge >= 0.3 is 0 Å². The van der Waals surface area contributed by atoms with Gasteiger partial charge in [-0.3, -0.25) is 4.79 Å². The van der Waals surface area contributed by atoms with Crippen LogP contribution in [0, 0.1) is 0 Å². The van der Waals surface area contributed by atoms with Gasteiger partial charge in [0.25, 0.3) is 5.91 Å². The van der Waals surface area contributed by atoms with Crippen LogP contribution in [-0.2, 0) is 10.0 Å². The second kappa shape index (κ2) is 7.21. The van der Waals surface area contributed by atoms with Crippen molar-refractivity contribution in [1.82, 2.24) is 14.5 Å². The van der Waals surface area contributed by atoms with Crippen molar-refractivity contribution in [3.63, 3.8) is 0 Å². The molecule has 122 valence electrons. The highest BCUT2D eigenvalue weighted by molar-refractivity contribution is 7.89. The molecule has 0 spiro atoms. The predicted octanol–water partition coefficient (Wildman–Crippen LogP) is 0.762.